The van der Waals surface area contributed by atoms with E-state index in [0.717, 1.165) is 55.8 Å². The second kappa shape index (κ2) is 10.5. The standard InChI is InChI=1S/C21H26Cl2N2O4S2/c1-14(12-24-21(26)19-5-6-20(30-19)31(2,27)28)13-25-9-7-15(8-10-25)29-16-3-4-17(22)18(23)11-16/h3-6,11,14-15H,7-10,12-13H2,1-2H3,(H,24,26)/t14-/m1/s1. The van der Waals surface area contributed by atoms with Crippen molar-refractivity contribution in [3.63, 3.8) is 0 Å². The zero-order valence-corrected chi connectivity index (χ0v) is 20.6. The van der Waals surface area contributed by atoms with E-state index in [1.807, 2.05) is 6.07 Å². The van der Waals surface area contributed by atoms with Crippen molar-refractivity contribution in [2.45, 2.75) is 30.1 Å². The molecule has 6 nitrogen and oxygen atoms in total. The van der Waals surface area contributed by atoms with Gasteiger partial charge < -0.3 is 15.0 Å². The molecule has 0 bridgehead atoms. The Labute approximate surface area is 197 Å². The molecule has 1 saturated heterocycles. The van der Waals surface area contributed by atoms with Crippen LogP contribution in [-0.4, -0.2) is 57.8 Å². The molecule has 170 valence electrons. The number of nitrogens with zero attached hydrogens (tertiary/aromatic N) is 1. The summed E-state index contributed by atoms with van der Waals surface area (Å²) < 4.78 is 29.4. The van der Waals surface area contributed by atoms with Crippen LogP contribution in [-0.2, 0) is 9.84 Å². The lowest BCUT2D eigenvalue weighted by Gasteiger charge is -2.33. The van der Waals surface area contributed by atoms with Gasteiger partial charge in [0.1, 0.15) is 16.1 Å². The van der Waals surface area contributed by atoms with Gasteiger partial charge >= 0.3 is 0 Å². The Bertz CT molecular complexity index is 1020. The Morgan fingerprint density at radius 1 is 1.23 bits per heavy atom. The molecule has 1 fully saturated rings. The first-order chi connectivity index (χ1) is 14.6. The lowest BCUT2D eigenvalue weighted by atomic mass is 10.1. The Kier molecular flexibility index (Phi) is 8.26. The first-order valence-electron chi connectivity index (χ1n) is 10.0. The highest BCUT2D eigenvalue weighted by atomic mass is 35.5. The van der Waals surface area contributed by atoms with E-state index in [0.29, 0.717) is 21.5 Å². The van der Waals surface area contributed by atoms with E-state index >= 15 is 0 Å². The topological polar surface area (TPSA) is 75.7 Å². The molecule has 0 radical (unpaired) electrons. The molecule has 1 amide bonds. The van der Waals surface area contributed by atoms with Crippen LogP contribution in [0.15, 0.2) is 34.5 Å². The van der Waals surface area contributed by atoms with Crippen LogP contribution in [0, 0.1) is 5.92 Å². The van der Waals surface area contributed by atoms with Crippen molar-refractivity contribution in [3.05, 3.63) is 45.3 Å². The molecule has 1 aliphatic heterocycles. The molecule has 31 heavy (non-hydrogen) atoms. The maximum Gasteiger partial charge on any atom is 0.261 e. The number of hydrogen-bond donors (Lipinski definition) is 1. The third kappa shape index (κ3) is 7.08. The van der Waals surface area contributed by atoms with Gasteiger partial charge in [-0.1, -0.05) is 30.1 Å². The number of ether oxygens (including phenoxy) is 1. The fourth-order valence-corrected chi connectivity index (χ4v) is 5.59. The van der Waals surface area contributed by atoms with Crippen molar-refractivity contribution >= 4 is 50.3 Å². The quantitative estimate of drug-likeness (QED) is 0.577. The molecule has 2 heterocycles. The number of thiophene rings is 1. The van der Waals surface area contributed by atoms with Crippen molar-refractivity contribution in [1.29, 1.82) is 0 Å². The predicted octanol–water partition coefficient (Wildman–Crippen LogP) is 4.37. The zero-order valence-electron chi connectivity index (χ0n) is 17.4. The first-order valence-corrected chi connectivity index (χ1v) is 13.5. The summed E-state index contributed by atoms with van der Waals surface area (Å²) in [5.74, 6) is 0.767. The van der Waals surface area contributed by atoms with Crippen molar-refractivity contribution in [2.75, 3.05) is 32.4 Å². The molecule has 1 aromatic carbocycles. The van der Waals surface area contributed by atoms with Gasteiger partial charge in [0.15, 0.2) is 9.84 Å². The molecular formula is C21H26Cl2N2O4S2. The molecule has 2 aromatic rings. The molecule has 0 saturated carbocycles. The average molecular weight is 505 g/mol. The number of piperidine rings is 1. The van der Waals surface area contributed by atoms with Crippen LogP contribution in [0.25, 0.3) is 0 Å². The van der Waals surface area contributed by atoms with Crippen molar-refractivity contribution in [2.24, 2.45) is 5.92 Å². The first kappa shape index (κ1) is 24.3. The van der Waals surface area contributed by atoms with Crippen LogP contribution in [0.5, 0.6) is 5.75 Å². The van der Waals surface area contributed by atoms with Gasteiger partial charge in [0.25, 0.3) is 5.91 Å². The minimum Gasteiger partial charge on any atom is -0.490 e. The molecule has 0 aliphatic carbocycles. The lowest BCUT2D eigenvalue weighted by Crippen LogP contribution is -2.42. The Balaban J connectivity index is 1.39. The van der Waals surface area contributed by atoms with Crippen LogP contribution in [0.3, 0.4) is 0 Å². The lowest BCUT2D eigenvalue weighted by molar-refractivity contribution is 0.0887. The Hall–Kier alpha value is -1.32. The van der Waals surface area contributed by atoms with Crippen LogP contribution < -0.4 is 10.1 Å². The highest BCUT2D eigenvalue weighted by Gasteiger charge is 2.22. The van der Waals surface area contributed by atoms with Crippen molar-refractivity contribution < 1.29 is 17.9 Å². The van der Waals surface area contributed by atoms with Gasteiger partial charge in [-0.25, -0.2) is 8.42 Å². The SMILES string of the molecule is C[C@H](CNC(=O)c1ccc(S(C)(=O)=O)s1)CN1CCC(Oc2ccc(Cl)c(Cl)c2)CC1. The molecule has 1 atom stereocenters. The number of sulfone groups is 1. The normalized spacial score (nSPS) is 16.8. The predicted molar refractivity (Wildman–Crippen MR) is 125 cm³/mol. The fourth-order valence-electron chi connectivity index (χ4n) is 3.45. The summed E-state index contributed by atoms with van der Waals surface area (Å²) in [6.07, 6.45) is 3.12. The van der Waals surface area contributed by atoms with Gasteiger partial charge in [0.2, 0.25) is 0 Å². The second-order valence-corrected chi connectivity index (χ2v) is 12.0. The number of halogens is 2. The molecule has 0 spiro atoms. The number of carbonyl (C=O) groups excluding carboxylic acids is 1. The van der Waals surface area contributed by atoms with E-state index in [4.69, 9.17) is 27.9 Å². The van der Waals surface area contributed by atoms with Crippen molar-refractivity contribution in [1.82, 2.24) is 10.2 Å². The van der Waals surface area contributed by atoms with Crippen LogP contribution in [0.2, 0.25) is 10.0 Å². The highest BCUT2D eigenvalue weighted by molar-refractivity contribution is 7.92. The van der Waals surface area contributed by atoms with Gasteiger partial charge in [-0.15, -0.1) is 11.3 Å². The van der Waals surface area contributed by atoms with E-state index in [2.05, 4.69) is 17.1 Å². The number of nitrogens with one attached hydrogen (secondary N) is 1. The van der Waals surface area contributed by atoms with E-state index in [9.17, 15) is 13.2 Å². The Morgan fingerprint density at radius 3 is 2.55 bits per heavy atom. The molecule has 3 rings (SSSR count). The summed E-state index contributed by atoms with van der Waals surface area (Å²) in [4.78, 5) is 15.1. The molecular weight excluding hydrogens is 479 g/mol. The molecule has 1 aliphatic rings. The van der Waals surface area contributed by atoms with Gasteiger partial charge in [0.05, 0.1) is 14.9 Å². The number of likely N-dealkylation sites (tertiary alicyclic amines) is 1. The number of rotatable bonds is 8. The number of amides is 1. The average Bonchev–Trinajstić information content (AvgIpc) is 3.21. The Morgan fingerprint density at radius 2 is 1.94 bits per heavy atom. The smallest absolute Gasteiger partial charge is 0.261 e. The van der Waals surface area contributed by atoms with Gasteiger partial charge in [-0.2, -0.15) is 0 Å². The third-order valence-corrected chi connectivity index (χ3v) is 8.72. The second-order valence-electron chi connectivity index (χ2n) is 7.90. The summed E-state index contributed by atoms with van der Waals surface area (Å²) in [5, 5.41) is 3.91. The van der Waals surface area contributed by atoms with Crippen molar-refractivity contribution in [3.8, 4) is 5.75 Å². The van der Waals surface area contributed by atoms with Gasteiger partial charge in [-0.3, -0.25) is 4.79 Å². The monoisotopic (exact) mass is 504 g/mol. The number of hydrogen-bond acceptors (Lipinski definition) is 6. The maximum absolute atomic E-state index is 12.3. The van der Waals surface area contributed by atoms with E-state index in [1.165, 1.54) is 6.07 Å². The molecule has 10 heteroatoms. The van der Waals surface area contributed by atoms with Crippen LogP contribution in [0.4, 0.5) is 0 Å². The largest absolute Gasteiger partial charge is 0.490 e. The summed E-state index contributed by atoms with van der Waals surface area (Å²) in [5.41, 5.74) is 0. The number of benzene rings is 1. The highest BCUT2D eigenvalue weighted by Crippen LogP contribution is 2.28. The fraction of sp³-hybridized carbons (Fsp3) is 0.476. The van der Waals surface area contributed by atoms with E-state index in [-0.39, 0.29) is 22.1 Å². The number of carbonyl (C=O) groups is 1. The maximum atomic E-state index is 12.3. The van der Waals surface area contributed by atoms with Crippen LogP contribution >= 0.6 is 34.5 Å². The molecule has 1 N–H and O–H groups in total. The summed E-state index contributed by atoms with van der Waals surface area (Å²) in [7, 11) is -3.29. The minimum absolute atomic E-state index is 0.145. The minimum atomic E-state index is -3.29. The van der Waals surface area contributed by atoms with Crippen LogP contribution in [0.1, 0.15) is 29.4 Å². The summed E-state index contributed by atoms with van der Waals surface area (Å²) >= 11 is 13.0. The van der Waals surface area contributed by atoms with E-state index in [1.54, 1.807) is 18.2 Å². The van der Waals surface area contributed by atoms with Gasteiger partial charge in [0, 0.05) is 38.5 Å². The summed E-state index contributed by atoms with van der Waals surface area (Å²) in [6, 6.07) is 8.34. The summed E-state index contributed by atoms with van der Waals surface area (Å²) in [6.45, 7) is 5.35. The zero-order chi connectivity index (χ0) is 22.6. The molecule has 1 aromatic heterocycles. The van der Waals surface area contributed by atoms with E-state index < -0.39 is 9.84 Å². The molecule has 0 unspecified atom stereocenters. The van der Waals surface area contributed by atoms with Gasteiger partial charge in [-0.05, 0) is 43.0 Å². The third-order valence-electron chi connectivity index (χ3n) is 5.08.